The monoisotopic (exact) mass is 385 g/mol. The highest BCUT2D eigenvalue weighted by molar-refractivity contribution is 7.81. The summed E-state index contributed by atoms with van der Waals surface area (Å²) in [4.78, 5) is 0. The molecule has 0 fully saturated rings. The Bertz CT molecular complexity index is 924. The third-order valence-electron chi connectivity index (χ3n) is 4.03. The molecule has 0 amide bonds. The van der Waals surface area contributed by atoms with Crippen molar-refractivity contribution in [3.05, 3.63) is 60.7 Å². The summed E-state index contributed by atoms with van der Waals surface area (Å²) >= 11 is -1.62. The normalized spacial score (nSPS) is 11.9. The molecule has 0 saturated carbocycles. The minimum atomic E-state index is -1.62. The first-order chi connectivity index (χ1) is 13.2. The number of unbranched alkanes of at least 4 members (excludes halogenated alkanes) is 1. The molecule has 3 aromatic rings. The lowest BCUT2D eigenvalue weighted by Crippen LogP contribution is -2.10. The lowest BCUT2D eigenvalue weighted by atomic mass is 10.1. The fourth-order valence-corrected chi connectivity index (χ4v) is 3.31. The number of ether oxygens (including phenoxy) is 2. The lowest BCUT2D eigenvalue weighted by molar-refractivity contribution is 0.340. The van der Waals surface area contributed by atoms with Gasteiger partial charge in [-0.05, 0) is 30.0 Å². The van der Waals surface area contributed by atoms with Gasteiger partial charge in [-0.1, -0.05) is 49.7 Å². The molecular weight excluding hydrogens is 362 g/mol. The standard InChI is InChI=1S/C21H23NO4S/c1-3-4-14-25-27(23)22-19-13-12-17(15-21(19)24-2)26-20-11-7-9-16-8-5-6-10-18(16)20/h5-13,15,22H,3-4,14H2,1-2H3. The van der Waals surface area contributed by atoms with Gasteiger partial charge < -0.3 is 9.47 Å². The average molecular weight is 385 g/mol. The Morgan fingerprint density at radius 3 is 2.63 bits per heavy atom. The van der Waals surface area contributed by atoms with Gasteiger partial charge in [0.15, 0.2) is 0 Å². The summed E-state index contributed by atoms with van der Waals surface area (Å²) in [5, 5.41) is 2.14. The molecular formula is C21H23NO4S. The Kier molecular flexibility index (Phi) is 6.68. The van der Waals surface area contributed by atoms with Gasteiger partial charge in [-0.25, -0.2) is 4.21 Å². The fourth-order valence-electron chi connectivity index (χ4n) is 2.63. The van der Waals surface area contributed by atoms with E-state index in [1.54, 1.807) is 25.3 Å². The van der Waals surface area contributed by atoms with Crippen LogP contribution in [-0.4, -0.2) is 17.9 Å². The maximum atomic E-state index is 12.0. The Hall–Kier alpha value is -2.57. The number of anilines is 1. The van der Waals surface area contributed by atoms with Crippen molar-refractivity contribution in [2.75, 3.05) is 18.4 Å². The van der Waals surface area contributed by atoms with E-state index < -0.39 is 11.3 Å². The van der Waals surface area contributed by atoms with Crippen LogP contribution in [0.4, 0.5) is 5.69 Å². The van der Waals surface area contributed by atoms with Crippen LogP contribution >= 0.6 is 0 Å². The van der Waals surface area contributed by atoms with E-state index in [4.69, 9.17) is 13.7 Å². The second-order valence-corrected chi connectivity index (χ2v) is 6.86. The zero-order valence-corrected chi connectivity index (χ0v) is 16.3. The minimum absolute atomic E-state index is 0.445. The SMILES string of the molecule is CCCCOS(=O)Nc1ccc(Oc2cccc3ccccc23)cc1OC. The van der Waals surface area contributed by atoms with Gasteiger partial charge in [0.1, 0.15) is 17.2 Å². The molecule has 1 atom stereocenters. The highest BCUT2D eigenvalue weighted by atomic mass is 32.2. The van der Waals surface area contributed by atoms with Gasteiger partial charge in [-0.15, -0.1) is 0 Å². The second kappa shape index (κ2) is 9.39. The summed E-state index contributed by atoms with van der Waals surface area (Å²) in [7, 11) is 1.56. The first-order valence-corrected chi connectivity index (χ1v) is 9.94. The van der Waals surface area contributed by atoms with Gasteiger partial charge in [0.2, 0.25) is 0 Å². The molecule has 0 aliphatic carbocycles. The van der Waals surface area contributed by atoms with Crippen LogP contribution in [-0.2, 0) is 15.4 Å². The van der Waals surface area contributed by atoms with E-state index in [0.717, 1.165) is 29.4 Å². The summed E-state index contributed by atoms with van der Waals surface area (Å²) in [6, 6.07) is 19.3. The van der Waals surface area contributed by atoms with Crippen LogP contribution in [0.3, 0.4) is 0 Å². The molecule has 1 N–H and O–H groups in total. The molecule has 3 rings (SSSR count). The van der Waals surface area contributed by atoms with Gasteiger partial charge in [-0.2, -0.15) is 0 Å². The van der Waals surface area contributed by atoms with Crippen molar-refractivity contribution < 1.29 is 17.9 Å². The number of rotatable bonds is 9. The summed E-state index contributed by atoms with van der Waals surface area (Å²) in [5.41, 5.74) is 0.581. The molecule has 1 unspecified atom stereocenters. The van der Waals surface area contributed by atoms with E-state index in [1.165, 1.54) is 0 Å². The van der Waals surface area contributed by atoms with E-state index >= 15 is 0 Å². The van der Waals surface area contributed by atoms with Crippen molar-refractivity contribution in [1.82, 2.24) is 0 Å². The van der Waals surface area contributed by atoms with Crippen molar-refractivity contribution in [1.29, 1.82) is 0 Å². The second-order valence-electron chi connectivity index (χ2n) is 5.95. The van der Waals surface area contributed by atoms with E-state index in [1.807, 2.05) is 42.5 Å². The van der Waals surface area contributed by atoms with Crippen LogP contribution in [0.1, 0.15) is 19.8 Å². The number of methoxy groups -OCH3 is 1. The van der Waals surface area contributed by atoms with Gasteiger partial charge in [0, 0.05) is 11.5 Å². The Morgan fingerprint density at radius 1 is 1.00 bits per heavy atom. The van der Waals surface area contributed by atoms with E-state index in [-0.39, 0.29) is 0 Å². The van der Waals surface area contributed by atoms with Gasteiger partial charge in [-0.3, -0.25) is 8.91 Å². The first-order valence-electron chi connectivity index (χ1n) is 8.86. The quantitative estimate of drug-likeness (QED) is 0.498. The largest absolute Gasteiger partial charge is 0.494 e. The van der Waals surface area contributed by atoms with E-state index in [9.17, 15) is 4.21 Å². The van der Waals surface area contributed by atoms with Crippen molar-refractivity contribution in [2.45, 2.75) is 19.8 Å². The average Bonchev–Trinajstić information content (AvgIpc) is 2.69. The molecule has 0 saturated heterocycles. The molecule has 0 radical (unpaired) electrons. The maximum Gasteiger partial charge on any atom is 0.261 e. The molecule has 27 heavy (non-hydrogen) atoms. The van der Waals surface area contributed by atoms with Gasteiger partial charge in [0.25, 0.3) is 11.3 Å². The van der Waals surface area contributed by atoms with Gasteiger partial charge in [0.05, 0.1) is 19.4 Å². The zero-order valence-electron chi connectivity index (χ0n) is 15.4. The molecule has 0 heterocycles. The molecule has 3 aromatic carbocycles. The summed E-state index contributed by atoms with van der Waals surface area (Å²) < 4.78 is 31.5. The molecule has 0 bridgehead atoms. The van der Waals surface area contributed by atoms with Crippen molar-refractivity contribution in [3.8, 4) is 17.2 Å². The summed E-state index contributed by atoms with van der Waals surface area (Å²) in [5.74, 6) is 1.92. The van der Waals surface area contributed by atoms with Crippen LogP contribution in [0.15, 0.2) is 60.7 Å². The number of hydrogen-bond donors (Lipinski definition) is 1. The molecule has 0 aliphatic heterocycles. The molecule has 142 valence electrons. The maximum absolute atomic E-state index is 12.0. The number of hydrogen-bond acceptors (Lipinski definition) is 4. The number of fused-ring (bicyclic) bond motifs is 1. The summed E-state index contributed by atoms with van der Waals surface area (Å²) in [6.07, 6.45) is 1.85. The smallest absolute Gasteiger partial charge is 0.261 e. The van der Waals surface area contributed by atoms with Gasteiger partial charge >= 0.3 is 0 Å². The lowest BCUT2D eigenvalue weighted by Gasteiger charge is -2.13. The minimum Gasteiger partial charge on any atom is -0.494 e. The Balaban J connectivity index is 1.76. The Labute approximate surface area is 162 Å². The number of nitrogens with one attached hydrogen (secondary N) is 1. The van der Waals surface area contributed by atoms with Crippen molar-refractivity contribution >= 4 is 27.7 Å². The molecule has 0 aliphatic rings. The third-order valence-corrected chi connectivity index (χ3v) is 4.80. The predicted molar refractivity (Wildman–Crippen MR) is 110 cm³/mol. The van der Waals surface area contributed by atoms with Crippen LogP contribution < -0.4 is 14.2 Å². The molecule has 5 nitrogen and oxygen atoms in total. The molecule has 0 spiro atoms. The molecule has 6 heteroatoms. The molecule has 0 aromatic heterocycles. The summed E-state index contributed by atoms with van der Waals surface area (Å²) in [6.45, 7) is 2.50. The Morgan fingerprint density at radius 2 is 1.81 bits per heavy atom. The first kappa shape index (κ1) is 19.2. The highest BCUT2D eigenvalue weighted by Gasteiger charge is 2.10. The van der Waals surface area contributed by atoms with Crippen molar-refractivity contribution in [3.63, 3.8) is 0 Å². The predicted octanol–water partition coefficient (Wildman–Crippen LogP) is 5.45. The van der Waals surface area contributed by atoms with E-state index in [0.29, 0.717) is 23.8 Å². The topological polar surface area (TPSA) is 56.8 Å². The fraction of sp³-hybridized carbons (Fsp3) is 0.238. The number of benzene rings is 3. The zero-order chi connectivity index (χ0) is 19.1. The third kappa shape index (κ3) is 4.99. The van der Waals surface area contributed by atoms with Crippen LogP contribution in [0, 0.1) is 0 Å². The van der Waals surface area contributed by atoms with Crippen molar-refractivity contribution in [2.24, 2.45) is 0 Å². The van der Waals surface area contributed by atoms with Crippen LogP contribution in [0.2, 0.25) is 0 Å². The van der Waals surface area contributed by atoms with Crippen LogP contribution in [0.25, 0.3) is 10.8 Å². The highest BCUT2D eigenvalue weighted by Crippen LogP contribution is 2.34. The van der Waals surface area contributed by atoms with E-state index in [2.05, 4.69) is 11.6 Å². The van der Waals surface area contributed by atoms with Crippen LogP contribution in [0.5, 0.6) is 17.2 Å².